The lowest BCUT2D eigenvalue weighted by atomic mass is 10.1. The summed E-state index contributed by atoms with van der Waals surface area (Å²) in [5, 5.41) is 5.34. The van der Waals surface area contributed by atoms with Crippen LogP contribution in [0.5, 0.6) is 0 Å². The molecule has 1 unspecified atom stereocenters. The number of halogens is 1. The van der Waals surface area contributed by atoms with Crippen LogP contribution in [0.25, 0.3) is 0 Å². The molecular formula is C15H20FN3O2. The van der Waals surface area contributed by atoms with Crippen molar-refractivity contribution < 1.29 is 14.0 Å². The van der Waals surface area contributed by atoms with Crippen molar-refractivity contribution in [2.24, 2.45) is 11.7 Å². The highest BCUT2D eigenvalue weighted by atomic mass is 19.1. The molecule has 0 aliphatic heterocycles. The molecule has 0 bridgehead atoms. The Labute approximate surface area is 123 Å². The number of hydrogen-bond acceptors (Lipinski definition) is 3. The van der Waals surface area contributed by atoms with Crippen LogP contribution in [0, 0.1) is 11.7 Å². The predicted octanol–water partition coefficient (Wildman–Crippen LogP) is 0.338. The minimum Gasteiger partial charge on any atom is -0.350 e. The molecule has 0 aromatic heterocycles. The van der Waals surface area contributed by atoms with Crippen LogP contribution in [0.3, 0.4) is 0 Å². The van der Waals surface area contributed by atoms with E-state index in [4.69, 9.17) is 5.73 Å². The molecule has 0 heterocycles. The van der Waals surface area contributed by atoms with Crippen LogP contribution in [0.15, 0.2) is 24.3 Å². The number of nitrogens with two attached hydrogens (primary N) is 1. The maximum Gasteiger partial charge on any atom is 0.239 e. The summed E-state index contributed by atoms with van der Waals surface area (Å²) >= 11 is 0. The number of nitrogens with one attached hydrogen (secondary N) is 2. The maximum absolute atomic E-state index is 13.0. The molecule has 0 radical (unpaired) electrons. The first kappa shape index (κ1) is 15.4. The lowest BCUT2D eigenvalue weighted by Crippen LogP contribution is -2.46. The second kappa shape index (κ2) is 7.17. The van der Waals surface area contributed by atoms with Gasteiger partial charge in [0.2, 0.25) is 11.8 Å². The van der Waals surface area contributed by atoms with Gasteiger partial charge in [-0.3, -0.25) is 9.59 Å². The van der Waals surface area contributed by atoms with Gasteiger partial charge in [0.1, 0.15) is 5.82 Å². The van der Waals surface area contributed by atoms with Crippen molar-refractivity contribution in [2.75, 3.05) is 13.1 Å². The molecule has 2 amide bonds. The van der Waals surface area contributed by atoms with Crippen LogP contribution in [0.1, 0.15) is 18.4 Å². The van der Waals surface area contributed by atoms with Crippen molar-refractivity contribution in [3.8, 4) is 0 Å². The van der Waals surface area contributed by atoms with Gasteiger partial charge < -0.3 is 16.4 Å². The fourth-order valence-electron chi connectivity index (χ4n) is 2.20. The molecule has 1 fully saturated rings. The van der Waals surface area contributed by atoms with E-state index in [1.807, 2.05) is 0 Å². The molecule has 6 heteroatoms. The average Bonchev–Trinajstić information content (AvgIpc) is 3.27. The Morgan fingerprint density at radius 3 is 2.71 bits per heavy atom. The van der Waals surface area contributed by atoms with Crippen molar-refractivity contribution in [1.29, 1.82) is 0 Å². The Balaban J connectivity index is 1.71. The zero-order valence-electron chi connectivity index (χ0n) is 11.8. The zero-order chi connectivity index (χ0) is 15.2. The van der Waals surface area contributed by atoms with Crippen molar-refractivity contribution in [2.45, 2.75) is 25.3 Å². The van der Waals surface area contributed by atoms with Gasteiger partial charge in [-0.25, -0.2) is 4.39 Å². The van der Waals surface area contributed by atoms with E-state index in [2.05, 4.69) is 10.6 Å². The molecular weight excluding hydrogens is 273 g/mol. The van der Waals surface area contributed by atoms with Gasteiger partial charge in [0, 0.05) is 12.6 Å². The fraction of sp³-hybridized carbons (Fsp3) is 0.467. The van der Waals surface area contributed by atoms with Gasteiger partial charge in [-0.15, -0.1) is 0 Å². The highest BCUT2D eigenvalue weighted by Gasteiger charge is 2.31. The topological polar surface area (TPSA) is 84.2 Å². The Kier molecular flexibility index (Phi) is 5.27. The molecule has 1 aliphatic carbocycles. The summed E-state index contributed by atoms with van der Waals surface area (Å²) in [4.78, 5) is 23.4. The van der Waals surface area contributed by atoms with Crippen molar-refractivity contribution >= 4 is 11.8 Å². The first-order valence-electron chi connectivity index (χ1n) is 7.09. The molecule has 1 aromatic rings. The molecule has 1 aliphatic rings. The minimum absolute atomic E-state index is 0.00220. The quantitative estimate of drug-likeness (QED) is 0.678. The van der Waals surface area contributed by atoms with Crippen molar-refractivity contribution in [3.05, 3.63) is 35.6 Å². The van der Waals surface area contributed by atoms with Gasteiger partial charge >= 0.3 is 0 Å². The van der Waals surface area contributed by atoms with Gasteiger partial charge in [-0.05, 0) is 36.5 Å². The lowest BCUT2D eigenvalue weighted by Gasteiger charge is -2.16. The molecule has 1 atom stereocenters. The standard InChI is InChI=1S/C15H20FN3O2/c16-12-3-1-2-10(6-12)7-14(20)18-9-15(21)19-13(8-17)11-4-5-11/h1-3,6,11,13H,4-5,7-9,17H2,(H,18,20)(H,19,21). The summed E-state index contributed by atoms with van der Waals surface area (Å²) in [7, 11) is 0. The van der Waals surface area contributed by atoms with Crippen LogP contribution >= 0.6 is 0 Å². The van der Waals surface area contributed by atoms with Crippen molar-refractivity contribution in [3.63, 3.8) is 0 Å². The summed E-state index contributed by atoms with van der Waals surface area (Å²) in [6, 6.07) is 5.83. The highest BCUT2D eigenvalue weighted by Crippen LogP contribution is 2.32. The van der Waals surface area contributed by atoms with E-state index in [1.165, 1.54) is 12.1 Å². The maximum atomic E-state index is 13.0. The van der Waals surface area contributed by atoms with Gasteiger partial charge in [0.25, 0.3) is 0 Å². The van der Waals surface area contributed by atoms with E-state index in [-0.39, 0.29) is 36.6 Å². The number of amides is 2. The van der Waals surface area contributed by atoms with Gasteiger partial charge in [-0.1, -0.05) is 12.1 Å². The molecule has 1 aromatic carbocycles. The summed E-state index contributed by atoms with van der Waals surface area (Å²) in [5.74, 6) is -0.466. The number of carbonyl (C=O) groups excluding carboxylic acids is 2. The van der Waals surface area contributed by atoms with E-state index in [0.717, 1.165) is 12.8 Å². The minimum atomic E-state index is -0.381. The van der Waals surface area contributed by atoms with Gasteiger partial charge in [-0.2, -0.15) is 0 Å². The largest absolute Gasteiger partial charge is 0.350 e. The number of hydrogen-bond donors (Lipinski definition) is 3. The Morgan fingerprint density at radius 2 is 2.10 bits per heavy atom. The third-order valence-electron chi connectivity index (χ3n) is 3.49. The van der Waals surface area contributed by atoms with Crippen LogP contribution < -0.4 is 16.4 Å². The van der Waals surface area contributed by atoms with Crippen LogP contribution in [0.2, 0.25) is 0 Å². The third-order valence-corrected chi connectivity index (χ3v) is 3.49. The van der Waals surface area contributed by atoms with E-state index >= 15 is 0 Å². The Hall–Kier alpha value is -1.95. The fourth-order valence-corrected chi connectivity index (χ4v) is 2.20. The highest BCUT2D eigenvalue weighted by molar-refractivity contribution is 5.85. The second-order valence-corrected chi connectivity index (χ2v) is 5.33. The average molecular weight is 293 g/mol. The van der Waals surface area contributed by atoms with Crippen molar-refractivity contribution in [1.82, 2.24) is 10.6 Å². The zero-order valence-corrected chi connectivity index (χ0v) is 11.8. The SMILES string of the molecule is NCC(NC(=O)CNC(=O)Cc1cccc(F)c1)C1CC1. The summed E-state index contributed by atoms with van der Waals surface area (Å²) < 4.78 is 13.0. The van der Waals surface area contributed by atoms with E-state index < -0.39 is 0 Å². The number of benzene rings is 1. The van der Waals surface area contributed by atoms with Crippen LogP contribution in [-0.4, -0.2) is 30.9 Å². The molecule has 5 nitrogen and oxygen atoms in total. The summed E-state index contributed by atoms with van der Waals surface area (Å²) in [6.07, 6.45) is 2.23. The van der Waals surface area contributed by atoms with Crippen LogP contribution in [-0.2, 0) is 16.0 Å². The smallest absolute Gasteiger partial charge is 0.239 e. The normalized spacial score (nSPS) is 15.3. The molecule has 4 N–H and O–H groups in total. The molecule has 114 valence electrons. The molecule has 0 saturated heterocycles. The Bertz CT molecular complexity index is 517. The monoisotopic (exact) mass is 293 g/mol. The summed E-state index contributed by atoms with van der Waals surface area (Å²) in [5.41, 5.74) is 6.17. The molecule has 0 spiro atoms. The molecule has 21 heavy (non-hydrogen) atoms. The van der Waals surface area contributed by atoms with Gasteiger partial charge in [0.15, 0.2) is 0 Å². The number of rotatable bonds is 7. The third kappa shape index (κ3) is 5.15. The number of carbonyl (C=O) groups is 2. The lowest BCUT2D eigenvalue weighted by molar-refractivity contribution is -0.126. The van der Waals surface area contributed by atoms with Crippen LogP contribution in [0.4, 0.5) is 4.39 Å². The second-order valence-electron chi connectivity index (χ2n) is 5.33. The molecule has 1 saturated carbocycles. The van der Waals surface area contributed by atoms with E-state index in [0.29, 0.717) is 18.0 Å². The predicted molar refractivity (Wildman–Crippen MR) is 76.8 cm³/mol. The summed E-state index contributed by atoms with van der Waals surface area (Å²) in [6.45, 7) is 0.324. The van der Waals surface area contributed by atoms with E-state index in [1.54, 1.807) is 12.1 Å². The Morgan fingerprint density at radius 1 is 1.33 bits per heavy atom. The molecule has 2 rings (SSSR count). The van der Waals surface area contributed by atoms with Gasteiger partial charge in [0.05, 0.1) is 13.0 Å². The first-order chi connectivity index (χ1) is 10.1. The first-order valence-corrected chi connectivity index (χ1v) is 7.09. The van der Waals surface area contributed by atoms with E-state index in [9.17, 15) is 14.0 Å².